The van der Waals surface area contributed by atoms with Crippen LogP contribution in [0.15, 0.2) is 47.6 Å². The first-order valence-electron chi connectivity index (χ1n) is 4.59. The van der Waals surface area contributed by atoms with E-state index in [2.05, 4.69) is 43.4 Å². The third kappa shape index (κ3) is 1.58. The molecule has 0 aromatic rings. The van der Waals surface area contributed by atoms with E-state index in [-0.39, 0.29) is 0 Å². The molecule has 12 heavy (non-hydrogen) atoms. The summed E-state index contributed by atoms with van der Waals surface area (Å²) in [4.78, 5) is 0. The summed E-state index contributed by atoms with van der Waals surface area (Å²) >= 11 is 0. The fourth-order valence-corrected chi connectivity index (χ4v) is 1.72. The zero-order valence-corrected chi connectivity index (χ0v) is 7.46. The Labute approximate surface area is 74.0 Å². The molecule has 0 aromatic carbocycles. The Morgan fingerprint density at radius 1 is 1.33 bits per heavy atom. The van der Waals surface area contributed by atoms with Gasteiger partial charge in [0.25, 0.3) is 0 Å². The molecule has 0 saturated heterocycles. The van der Waals surface area contributed by atoms with Gasteiger partial charge in [-0.05, 0) is 29.9 Å². The van der Waals surface area contributed by atoms with Gasteiger partial charge in [0, 0.05) is 0 Å². The predicted octanol–water partition coefficient (Wildman–Crippen LogP) is 3.40. The van der Waals surface area contributed by atoms with Gasteiger partial charge in [-0.3, -0.25) is 0 Å². The van der Waals surface area contributed by atoms with E-state index < -0.39 is 0 Å². The first-order chi connectivity index (χ1) is 5.84. The number of hydrogen-bond donors (Lipinski definition) is 0. The molecule has 0 nitrogen and oxygen atoms in total. The van der Waals surface area contributed by atoms with Crippen molar-refractivity contribution in [1.82, 2.24) is 0 Å². The van der Waals surface area contributed by atoms with Crippen molar-refractivity contribution in [3.63, 3.8) is 0 Å². The summed E-state index contributed by atoms with van der Waals surface area (Å²) in [6, 6.07) is 0. The van der Waals surface area contributed by atoms with E-state index >= 15 is 0 Å². The van der Waals surface area contributed by atoms with Crippen LogP contribution in [0.25, 0.3) is 0 Å². The summed E-state index contributed by atoms with van der Waals surface area (Å²) < 4.78 is 0. The molecule has 0 heteroatoms. The lowest BCUT2D eigenvalue weighted by Gasteiger charge is -1.98. The van der Waals surface area contributed by atoms with Gasteiger partial charge in [0.1, 0.15) is 0 Å². The summed E-state index contributed by atoms with van der Waals surface area (Å²) in [5.74, 6) is 0.644. The third-order valence-corrected chi connectivity index (χ3v) is 2.35. The van der Waals surface area contributed by atoms with Crippen molar-refractivity contribution in [2.45, 2.75) is 19.8 Å². The van der Waals surface area contributed by atoms with Gasteiger partial charge < -0.3 is 0 Å². The maximum atomic E-state index is 2.34. The van der Waals surface area contributed by atoms with Crippen molar-refractivity contribution < 1.29 is 0 Å². The summed E-state index contributed by atoms with van der Waals surface area (Å²) in [6.45, 7) is 2.22. The maximum absolute atomic E-state index is 2.34. The van der Waals surface area contributed by atoms with Gasteiger partial charge in [0.05, 0.1) is 0 Å². The molecule has 0 fully saturated rings. The molecular weight excluding hydrogens is 144 g/mol. The van der Waals surface area contributed by atoms with Gasteiger partial charge in [0.15, 0.2) is 0 Å². The topological polar surface area (TPSA) is 0 Å². The molecule has 1 atom stereocenters. The summed E-state index contributed by atoms with van der Waals surface area (Å²) in [6.07, 6.45) is 15.9. The van der Waals surface area contributed by atoms with E-state index in [0.29, 0.717) is 5.92 Å². The van der Waals surface area contributed by atoms with E-state index in [0.717, 1.165) is 12.8 Å². The van der Waals surface area contributed by atoms with Crippen LogP contribution in [0, 0.1) is 5.92 Å². The molecule has 0 spiro atoms. The Morgan fingerprint density at radius 3 is 2.83 bits per heavy atom. The van der Waals surface area contributed by atoms with Crippen molar-refractivity contribution in [1.29, 1.82) is 0 Å². The second kappa shape index (κ2) is 3.14. The maximum Gasteiger partial charge on any atom is -0.00320 e. The minimum absolute atomic E-state index is 0.644. The van der Waals surface area contributed by atoms with Crippen LogP contribution < -0.4 is 0 Å². The van der Waals surface area contributed by atoms with Gasteiger partial charge in [-0.2, -0.15) is 0 Å². The molecule has 0 aromatic heterocycles. The molecule has 0 radical (unpaired) electrons. The molecule has 62 valence electrons. The number of hydrogen-bond acceptors (Lipinski definition) is 0. The highest BCUT2D eigenvalue weighted by molar-refractivity contribution is 5.37. The highest BCUT2D eigenvalue weighted by Crippen LogP contribution is 2.24. The molecule has 0 amide bonds. The zero-order valence-electron chi connectivity index (χ0n) is 7.46. The fraction of sp³-hybridized carbons (Fsp3) is 0.333. The fourth-order valence-electron chi connectivity index (χ4n) is 1.72. The van der Waals surface area contributed by atoms with Crippen LogP contribution in [-0.2, 0) is 0 Å². The van der Waals surface area contributed by atoms with Crippen LogP contribution in [0.5, 0.6) is 0 Å². The summed E-state index contributed by atoms with van der Waals surface area (Å²) in [5.41, 5.74) is 2.94. The minimum atomic E-state index is 0.644. The smallest absolute Gasteiger partial charge is 0.00320 e. The second-order valence-corrected chi connectivity index (χ2v) is 3.55. The molecule has 0 saturated carbocycles. The lowest BCUT2D eigenvalue weighted by Crippen LogP contribution is -1.80. The average molecular weight is 158 g/mol. The Morgan fingerprint density at radius 2 is 2.25 bits per heavy atom. The number of rotatable bonds is 2. The van der Waals surface area contributed by atoms with Crippen molar-refractivity contribution in [3.8, 4) is 0 Å². The third-order valence-electron chi connectivity index (χ3n) is 2.35. The molecule has 0 N–H and O–H groups in total. The van der Waals surface area contributed by atoms with Gasteiger partial charge in [-0.25, -0.2) is 0 Å². The Hall–Kier alpha value is -1.04. The van der Waals surface area contributed by atoms with Gasteiger partial charge >= 0.3 is 0 Å². The van der Waals surface area contributed by atoms with E-state index in [1.807, 2.05) is 0 Å². The monoisotopic (exact) mass is 158 g/mol. The lowest BCUT2D eigenvalue weighted by molar-refractivity contribution is 0.951. The molecule has 0 bridgehead atoms. The van der Waals surface area contributed by atoms with Crippen LogP contribution in [0.1, 0.15) is 19.8 Å². The van der Waals surface area contributed by atoms with Crippen LogP contribution in [0.2, 0.25) is 0 Å². The van der Waals surface area contributed by atoms with E-state index in [1.165, 1.54) is 11.1 Å². The minimum Gasteiger partial charge on any atom is -0.0805 e. The van der Waals surface area contributed by atoms with Gasteiger partial charge in [-0.1, -0.05) is 43.4 Å². The molecule has 2 rings (SSSR count). The van der Waals surface area contributed by atoms with Crippen LogP contribution >= 0.6 is 0 Å². The quantitative estimate of drug-likeness (QED) is 0.577. The molecule has 0 aliphatic heterocycles. The Balaban J connectivity index is 2.00. The molecular formula is C12H14. The van der Waals surface area contributed by atoms with E-state index in [9.17, 15) is 0 Å². The molecule has 0 heterocycles. The van der Waals surface area contributed by atoms with Gasteiger partial charge in [0.2, 0.25) is 0 Å². The SMILES string of the molecule is CC1C=CC(CC2=CCC=C2)=C1. The summed E-state index contributed by atoms with van der Waals surface area (Å²) in [7, 11) is 0. The standard InChI is InChI=1S/C12H14/c1-10-6-7-12(8-10)9-11-4-2-3-5-11/h2,4-8,10H,3,9H2,1H3. The lowest BCUT2D eigenvalue weighted by atomic mass is 10.1. The normalized spacial score (nSPS) is 26.2. The van der Waals surface area contributed by atoms with E-state index in [4.69, 9.17) is 0 Å². The van der Waals surface area contributed by atoms with Crippen LogP contribution in [0.4, 0.5) is 0 Å². The van der Waals surface area contributed by atoms with Crippen LogP contribution in [-0.4, -0.2) is 0 Å². The zero-order chi connectivity index (χ0) is 8.39. The highest BCUT2D eigenvalue weighted by atomic mass is 14.1. The molecule has 1 unspecified atom stereocenters. The largest absolute Gasteiger partial charge is 0.0805 e. The highest BCUT2D eigenvalue weighted by Gasteiger charge is 2.06. The average Bonchev–Trinajstić information content (AvgIpc) is 2.63. The number of allylic oxidation sites excluding steroid dienone is 8. The Bertz CT molecular complexity index is 287. The van der Waals surface area contributed by atoms with E-state index in [1.54, 1.807) is 0 Å². The summed E-state index contributed by atoms with van der Waals surface area (Å²) in [5, 5.41) is 0. The molecule has 2 aliphatic rings. The first-order valence-corrected chi connectivity index (χ1v) is 4.59. The van der Waals surface area contributed by atoms with Crippen molar-refractivity contribution >= 4 is 0 Å². The first kappa shape index (κ1) is 7.60. The Kier molecular flexibility index (Phi) is 1.99. The van der Waals surface area contributed by atoms with Crippen molar-refractivity contribution in [2.75, 3.05) is 0 Å². The van der Waals surface area contributed by atoms with Crippen molar-refractivity contribution in [2.24, 2.45) is 5.92 Å². The van der Waals surface area contributed by atoms with Gasteiger partial charge in [-0.15, -0.1) is 0 Å². The molecule has 2 aliphatic carbocycles. The predicted molar refractivity (Wildman–Crippen MR) is 52.8 cm³/mol. The van der Waals surface area contributed by atoms with Crippen molar-refractivity contribution in [3.05, 3.63) is 47.6 Å². The van der Waals surface area contributed by atoms with Crippen LogP contribution in [0.3, 0.4) is 0 Å². The second-order valence-electron chi connectivity index (χ2n) is 3.55.